The van der Waals surface area contributed by atoms with E-state index in [1.807, 2.05) is 12.1 Å². The van der Waals surface area contributed by atoms with Gasteiger partial charge in [-0.25, -0.2) is 0 Å². The summed E-state index contributed by atoms with van der Waals surface area (Å²) in [7, 11) is 0. The Hall–Kier alpha value is -1.11. The van der Waals surface area contributed by atoms with Gasteiger partial charge in [0, 0.05) is 12.0 Å². The minimum atomic E-state index is 0.197. The first kappa shape index (κ1) is 16.3. The lowest BCUT2D eigenvalue weighted by Gasteiger charge is -2.23. The van der Waals surface area contributed by atoms with Crippen molar-refractivity contribution in [1.82, 2.24) is 0 Å². The number of carbonyl (C=O) groups excluding carboxylic acids is 1. The van der Waals surface area contributed by atoms with E-state index in [1.54, 1.807) is 0 Å². The fourth-order valence-corrected chi connectivity index (χ4v) is 3.26. The summed E-state index contributed by atoms with van der Waals surface area (Å²) in [4.78, 5) is 12.5. The molecule has 0 bridgehead atoms. The van der Waals surface area contributed by atoms with Gasteiger partial charge in [0.25, 0.3) is 0 Å². The Kier molecular flexibility index (Phi) is 5.61. The molecule has 1 saturated carbocycles. The van der Waals surface area contributed by atoms with Crippen LogP contribution >= 0.6 is 0 Å². The summed E-state index contributed by atoms with van der Waals surface area (Å²) in [5.41, 5.74) is 2.42. The Morgan fingerprint density at radius 2 is 1.62 bits per heavy atom. The minimum absolute atomic E-state index is 0.197. The van der Waals surface area contributed by atoms with E-state index in [4.69, 9.17) is 0 Å². The van der Waals surface area contributed by atoms with E-state index in [0.29, 0.717) is 11.7 Å². The maximum absolute atomic E-state index is 12.5. The Bertz CT molecular complexity index is 447. The van der Waals surface area contributed by atoms with Crippen molar-refractivity contribution in [2.24, 2.45) is 5.92 Å². The number of hydrogen-bond acceptors (Lipinski definition) is 1. The van der Waals surface area contributed by atoms with Gasteiger partial charge in [-0.3, -0.25) is 4.79 Å². The van der Waals surface area contributed by atoms with Gasteiger partial charge in [0.1, 0.15) is 0 Å². The van der Waals surface area contributed by atoms with E-state index in [0.717, 1.165) is 18.4 Å². The van der Waals surface area contributed by atoms with Gasteiger partial charge in [-0.15, -0.1) is 0 Å². The number of hydrogen-bond donors (Lipinski definition) is 0. The highest BCUT2D eigenvalue weighted by Gasteiger charge is 2.20. The van der Waals surface area contributed by atoms with Crippen LogP contribution in [-0.2, 0) is 5.41 Å². The highest BCUT2D eigenvalue weighted by Crippen LogP contribution is 2.29. The van der Waals surface area contributed by atoms with Crippen molar-refractivity contribution in [2.45, 2.75) is 77.6 Å². The summed E-state index contributed by atoms with van der Waals surface area (Å²) in [6.07, 6.45) is 9.67. The van der Waals surface area contributed by atoms with E-state index >= 15 is 0 Å². The van der Waals surface area contributed by atoms with Gasteiger partial charge in [0.15, 0.2) is 5.78 Å². The molecule has 0 saturated heterocycles. The lowest BCUT2D eigenvalue weighted by atomic mass is 9.81. The standard InChI is InChI=1S/C20H30O/c1-4-20(2,3)18-13-11-17(12-14-18)19(21)15-16-9-7-5-6-8-10-16/h11-14,16H,4-10,15H2,1-3H3. The highest BCUT2D eigenvalue weighted by molar-refractivity contribution is 5.96. The zero-order valence-electron chi connectivity index (χ0n) is 14.0. The number of rotatable bonds is 5. The van der Waals surface area contributed by atoms with Crippen LogP contribution in [0.3, 0.4) is 0 Å². The Labute approximate surface area is 130 Å². The normalized spacial score (nSPS) is 17.5. The molecule has 1 aliphatic carbocycles. The summed E-state index contributed by atoms with van der Waals surface area (Å²) in [5, 5.41) is 0. The molecule has 116 valence electrons. The lowest BCUT2D eigenvalue weighted by molar-refractivity contribution is 0.0957. The van der Waals surface area contributed by atoms with Crippen LogP contribution in [0.25, 0.3) is 0 Å². The second-order valence-corrected chi connectivity index (χ2v) is 7.30. The smallest absolute Gasteiger partial charge is 0.163 e. The largest absolute Gasteiger partial charge is 0.294 e. The zero-order valence-corrected chi connectivity index (χ0v) is 14.0. The second-order valence-electron chi connectivity index (χ2n) is 7.30. The summed E-state index contributed by atoms with van der Waals surface area (Å²) >= 11 is 0. The summed E-state index contributed by atoms with van der Waals surface area (Å²) in [6.45, 7) is 6.73. The number of ketones is 1. The molecular weight excluding hydrogens is 256 g/mol. The van der Waals surface area contributed by atoms with E-state index in [1.165, 1.54) is 44.1 Å². The lowest BCUT2D eigenvalue weighted by Crippen LogP contribution is -2.15. The maximum atomic E-state index is 12.5. The second kappa shape index (κ2) is 7.24. The molecule has 1 aromatic carbocycles. The molecule has 0 spiro atoms. The van der Waals surface area contributed by atoms with Crippen molar-refractivity contribution >= 4 is 5.78 Å². The van der Waals surface area contributed by atoms with Gasteiger partial charge in [-0.05, 0) is 23.3 Å². The Morgan fingerprint density at radius 3 is 2.14 bits per heavy atom. The molecule has 1 fully saturated rings. The molecule has 0 radical (unpaired) electrons. The van der Waals surface area contributed by atoms with Gasteiger partial charge >= 0.3 is 0 Å². The number of Topliss-reactive ketones (excluding diaryl/α,β-unsaturated/α-hetero) is 1. The summed E-state index contributed by atoms with van der Waals surface area (Å²) in [5.74, 6) is 0.953. The molecule has 1 heteroatoms. The van der Waals surface area contributed by atoms with Crippen LogP contribution in [0.1, 0.15) is 88.1 Å². The summed E-state index contributed by atoms with van der Waals surface area (Å²) < 4.78 is 0. The van der Waals surface area contributed by atoms with Gasteiger partial charge in [-0.2, -0.15) is 0 Å². The molecule has 0 aromatic heterocycles. The third kappa shape index (κ3) is 4.43. The van der Waals surface area contributed by atoms with Crippen LogP contribution in [-0.4, -0.2) is 5.78 Å². The number of benzene rings is 1. The monoisotopic (exact) mass is 286 g/mol. The Morgan fingerprint density at radius 1 is 1.05 bits per heavy atom. The van der Waals surface area contributed by atoms with Crippen molar-refractivity contribution in [1.29, 1.82) is 0 Å². The van der Waals surface area contributed by atoms with Crippen LogP contribution in [0.4, 0.5) is 0 Å². The van der Waals surface area contributed by atoms with Crippen molar-refractivity contribution in [3.63, 3.8) is 0 Å². The zero-order chi connectivity index (χ0) is 15.3. The molecule has 0 atom stereocenters. The third-order valence-electron chi connectivity index (χ3n) is 5.32. The molecule has 0 aliphatic heterocycles. The predicted molar refractivity (Wildman–Crippen MR) is 89.9 cm³/mol. The Balaban J connectivity index is 1.99. The van der Waals surface area contributed by atoms with Crippen molar-refractivity contribution in [2.75, 3.05) is 0 Å². The average molecular weight is 286 g/mol. The first-order chi connectivity index (χ1) is 10.0. The summed E-state index contributed by atoms with van der Waals surface area (Å²) in [6, 6.07) is 8.35. The maximum Gasteiger partial charge on any atom is 0.163 e. The molecule has 0 unspecified atom stereocenters. The minimum Gasteiger partial charge on any atom is -0.294 e. The molecule has 21 heavy (non-hydrogen) atoms. The molecule has 1 aliphatic rings. The fourth-order valence-electron chi connectivity index (χ4n) is 3.26. The van der Waals surface area contributed by atoms with Crippen LogP contribution < -0.4 is 0 Å². The molecular formula is C20H30O. The third-order valence-corrected chi connectivity index (χ3v) is 5.32. The van der Waals surface area contributed by atoms with E-state index in [9.17, 15) is 4.79 Å². The van der Waals surface area contributed by atoms with Crippen LogP contribution in [0, 0.1) is 5.92 Å². The molecule has 0 amide bonds. The predicted octanol–water partition coefficient (Wildman–Crippen LogP) is 5.92. The molecule has 2 rings (SSSR count). The van der Waals surface area contributed by atoms with E-state index in [-0.39, 0.29) is 5.41 Å². The van der Waals surface area contributed by atoms with Crippen molar-refractivity contribution in [3.05, 3.63) is 35.4 Å². The van der Waals surface area contributed by atoms with Gasteiger partial charge in [0.05, 0.1) is 0 Å². The van der Waals surface area contributed by atoms with Crippen LogP contribution in [0.15, 0.2) is 24.3 Å². The molecule has 0 N–H and O–H groups in total. The van der Waals surface area contributed by atoms with Crippen LogP contribution in [0.2, 0.25) is 0 Å². The quantitative estimate of drug-likeness (QED) is 0.485. The van der Waals surface area contributed by atoms with Crippen LogP contribution in [0.5, 0.6) is 0 Å². The highest BCUT2D eigenvalue weighted by atomic mass is 16.1. The molecule has 1 nitrogen and oxygen atoms in total. The topological polar surface area (TPSA) is 17.1 Å². The first-order valence-electron chi connectivity index (χ1n) is 8.66. The van der Waals surface area contributed by atoms with Gasteiger partial charge in [-0.1, -0.05) is 83.6 Å². The van der Waals surface area contributed by atoms with Crippen molar-refractivity contribution < 1.29 is 4.79 Å². The van der Waals surface area contributed by atoms with Crippen molar-refractivity contribution in [3.8, 4) is 0 Å². The van der Waals surface area contributed by atoms with Gasteiger partial charge in [0.2, 0.25) is 0 Å². The molecule has 1 aromatic rings. The van der Waals surface area contributed by atoms with E-state index in [2.05, 4.69) is 32.9 Å². The first-order valence-corrected chi connectivity index (χ1v) is 8.66. The fraction of sp³-hybridized carbons (Fsp3) is 0.650. The number of carbonyl (C=O) groups is 1. The SMILES string of the molecule is CCC(C)(C)c1ccc(C(=O)CC2CCCCCC2)cc1. The van der Waals surface area contributed by atoms with Gasteiger partial charge < -0.3 is 0 Å². The average Bonchev–Trinajstić information content (AvgIpc) is 2.76. The van der Waals surface area contributed by atoms with E-state index < -0.39 is 0 Å². The molecule has 0 heterocycles.